The quantitative estimate of drug-likeness (QED) is 0.128. The molecule has 0 atom stereocenters. The van der Waals surface area contributed by atoms with E-state index in [0.29, 0.717) is 12.4 Å². The van der Waals surface area contributed by atoms with Crippen molar-refractivity contribution in [1.82, 2.24) is 9.97 Å². The molecule has 0 aliphatic carbocycles. The molecule has 1 aromatic heterocycles. The summed E-state index contributed by atoms with van der Waals surface area (Å²) in [6.07, 6.45) is 15.3. The summed E-state index contributed by atoms with van der Waals surface area (Å²) in [5.41, 5.74) is 3.23. The van der Waals surface area contributed by atoms with Crippen molar-refractivity contribution in [3.05, 3.63) is 72.2 Å². The lowest BCUT2D eigenvalue weighted by atomic mass is 10.0. The van der Waals surface area contributed by atoms with Gasteiger partial charge in [0.25, 0.3) is 0 Å². The van der Waals surface area contributed by atoms with Gasteiger partial charge in [-0.2, -0.15) is 0 Å². The number of nitrogens with zero attached hydrogens (tertiary/aromatic N) is 2. The van der Waals surface area contributed by atoms with Gasteiger partial charge in [0.15, 0.2) is 5.69 Å². The van der Waals surface area contributed by atoms with Gasteiger partial charge in [0.2, 0.25) is 0 Å². The van der Waals surface area contributed by atoms with E-state index in [2.05, 4.69) is 48.1 Å². The molecule has 5 nitrogen and oxygen atoms in total. The summed E-state index contributed by atoms with van der Waals surface area (Å²) in [7, 11) is 0. The van der Waals surface area contributed by atoms with Crippen molar-refractivity contribution in [3.63, 3.8) is 0 Å². The second kappa shape index (κ2) is 14.9. The molecular weight excluding hydrogens is 436 g/mol. The average Bonchev–Trinajstić information content (AvgIpc) is 2.90. The van der Waals surface area contributed by atoms with Gasteiger partial charge < -0.3 is 9.47 Å². The fourth-order valence-electron chi connectivity index (χ4n) is 3.84. The molecule has 0 saturated heterocycles. The molecule has 2 aromatic carbocycles. The van der Waals surface area contributed by atoms with Crippen LogP contribution in [0.4, 0.5) is 0 Å². The maximum Gasteiger partial charge on any atom is 0.363 e. The maximum atomic E-state index is 12.5. The lowest BCUT2D eigenvalue weighted by molar-refractivity contribution is 0.0728. The third kappa shape index (κ3) is 9.16. The first kappa shape index (κ1) is 26.4. The molecule has 1 heterocycles. The van der Waals surface area contributed by atoms with Crippen LogP contribution in [-0.2, 0) is 6.42 Å². The van der Waals surface area contributed by atoms with Gasteiger partial charge in [-0.25, -0.2) is 9.78 Å². The standard InChI is InChI=1S/C30H38N2O3/c1-3-5-7-9-10-12-24-13-15-25(16-14-24)28-22-32-29(23-31-28)30(33)35-27-19-17-26(18-20-27)34-21-11-8-6-4-2/h13-20,22-23H,3-12,21H2,1-2H3. The number of carbonyl (C=O) groups excluding carboxylic acids is 1. The zero-order valence-electron chi connectivity index (χ0n) is 21.2. The Kier molecular flexibility index (Phi) is 11.3. The van der Waals surface area contributed by atoms with Crippen molar-refractivity contribution in [3.8, 4) is 22.8 Å². The highest BCUT2D eigenvalue weighted by Gasteiger charge is 2.12. The summed E-state index contributed by atoms with van der Waals surface area (Å²) in [4.78, 5) is 21.2. The highest BCUT2D eigenvalue weighted by Crippen LogP contribution is 2.21. The van der Waals surface area contributed by atoms with E-state index in [1.807, 2.05) is 12.1 Å². The van der Waals surface area contributed by atoms with Crippen LogP contribution >= 0.6 is 0 Å². The third-order valence-corrected chi connectivity index (χ3v) is 5.98. The zero-order chi connectivity index (χ0) is 24.7. The van der Waals surface area contributed by atoms with Gasteiger partial charge in [-0.3, -0.25) is 4.98 Å². The van der Waals surface area contributed by atoms with Crippen molar-refractivity contribution >= 4 is 5.97 Å². The number of hydrogen-bond donors (Lipinski definition) is 0. The van der Waals surface area contributed by atoms with E-state index in [1.165, 1.54) is 63.1 Å². The number of hydrogen-bond acceptors (Lipinski definition) is 5. The van der Waals surface area contributed by atoms with Crippen molar-refractivity contribution < 1.29 is 14.3 Å². The second-order valence-corrected chi connectivity index (χ2v) is 8.92. The molecule has 3 rings (SSSR count). The van der Waals surface area contributed by atoms with Crippen LogP contribution in [0.2, 0.25) is 0 Å². The summed E-state index contributed by atoms with van der Waals surface area (Å²) >= 11 is 0. The summed E-state index contributed by atoms with van der Waals surface area (Å²) in [5, 5.41) is 0. The predicted octanol–water partition coefficient (Wildman–Crippen LogP) is 7.83. The fourth-order valence-corrected chi connectivity index (χ4v) is 3.84. The minimum Gasteiger partial charge on any atom is -0.494 e. The van der Waals surface area contributed by atoms with Gasteiger partial charge >= 0.3 is 5.97 Å². The average molecular weight is 475 g/mol. The highest BCUT2D eigenvalue weighted by molar-refractivity contribution is 5.88. The molecule has 0 N–H and O–H groups in total. The Morgan fingerprint density at radius 2 is 1.37 bits per heavy atom. The monoisotopic (exact) mass is 474 g/mol. The molecule has 0 saturated carbocycles. The van der Waals surface area contributed by atoms with E-state index in [-0.39, 0.29) is 5.69 Å². The minimum atomic E-state index is -0.532. The Balaban J connectivity index is 1.47. The van der Waals surface area contributed by atoms with Crippen molar-refractivity contribution in [1.29, 1.82) is 0 Å². The van der Waals surface area contributed by atoms with E-state index in [4.69, 9.17) is 9.47 Å². The van der Waals surface area contributed by atoms with Crippen LogP contribution in [0.15, 0.2) is 60.9 Å². The largest absolute Gasteiger partial charge is 0.494 e. The number of unbranched alkanes of at least 4 members (excludes halogenated alkanes) is 7. The van der Waals surface area contributed by atoms with Crippen molar-refractivity contribution in [2.75, 3.05) is 6.61 Å². The molecule has 0 unspecified atom stereocenters. The Bertz CT molecular complexity index is 999. The van der Waals surface area contributed by atoms with E-state index < -0.39 is 5.97 Å². The van der Waals surface area contributed by atoms with Crippen LogP contribution in [0.1, 0.15) is 87.7 Å². The number of benzene rings is 2. The van der Waals surface area contributed by atoms with Crippen molar-refractivity contribution in [2.45, 2.75) is 78.1 Å². The molecule has 0 aliphatic rings. The van der Waals surface area contributed by atoms with Crippen molar-refractivity contribution in [2.24, 2.45) is 0 Å². The van der Waals surface area contributed by atoms with E-state index in [1.54, 1.807) is 18.3 Å². The smallest absolute Gasteiger partial charge is 0.363 e. The van der Waals surface area contributed by atoms with Crippen LogP contribution in [0.25, 0.3) is 11.3 Å². The fraction of sp³-hybridized carbons (Fsp3) is 0.433. The van der Waals surface area contributed by atoms with Gasteiger partial charge in [0.05, 0.1) is 24.7 Å². The zero-order valence-corrected chi connectivity index (χ0v) is 21.2. The van der Waals surface area contributed by atoms with E-state index >= 15 is 0 Å². The van der Waals surface area contributed by atoms with Crippen LogP contribution in [0.5, 0.6) is 11.5 Å². The topological polar surface area (TPSA) is 61.3 Å². The first-order valence-electron chi connectivity index (χ1n) is 13.1. The Hall–Kier alpha value is -3.21. The summed E-state index contributed by atoms with van der Waals surface area (Å²) in [6, 6.07) is 15.5. The Labute approximate surface area is 209 Å². The van der Waals surface area contributed by atoms with E-state index in [0.717, 1.165) is 29.8 Å². The van der Waals surface area contributed by atoms with Crippen LogP contribution in [0, 0.1) is 0 Å². The molecule has 5 heteroatoms. The van der Waals surface area contributed by atoms with E-state index in [9.17, 15) is 4.79 Å². The van der Waals surface area contributed by atoms with Crippen LogP contribution < -0.4 is 9.47 Å². The second-order valence-electron chi connectivity index (χ2n) is 8.92. The Morgan fingerprint density at radius 3 is 2.03 bits per heavy atom. The van der Waals surface area contributed by atoms with Gasteiger partial charge in [-0.05, 0) is 49.1 Å². The molecule has 0 amide bonds. The minimum absolute atomic E-state index is 0.175. The first-order valence-corrected chi connectivity index (χ1v) is 13.1. The van der Waals surface area contributed by atoms with Crippen LogP contribution in [0.3, 0.4) is 0 Å². The summed E-state index contributed by atoms with van der Waals surface area (Å²) < 4.78 is 11.2. The van der Waals surface area contributed by atoms with Gasteiger partial charge in [-0.15, -0.1) is 0 Å². The van der Waals surface area contributed by atoms with Gasteiger partial charge in [0, 0.05) is 5.56 Å². The summed E-state index contributed by atoms with van der Waals surface area (Å²) in [5.74, 6) is 0.688. The predicted molar refractivity (Wildman–Crippen MR) is 141 cm³/mol. The molecule has 0 bridgehead atoms. The lowest BCUT2D eigenvalue weighted by Crippen LogP contribution is -2.11. The highest BCUT2D eigenvalue weighted by atomic mass is 16.5. The number of aromatic nitrogens is 2. The molecular formula is C30H38N2O3. The molecule has 0 fully saturated rings. The molecule has 0 aliphatic heterocycles. The molecule has 186 valence electrons. The first-order chi connectivity index (χ1) is 17.2. The lowest BCUT2D eigenvalue weighted by Gasteiger charge is -2.08. The number of carbonyl (C=O) groups is 1. The molecule has 3 aromatic rings. The summed E-state index contributed by atoms with van der Waals surface area (Å²) in [6.45, 7) is 5.13. The molecule has 35 heavy (non-hydrogen) atoms. The molecule has 0 radical (unpaired) electrons. The SMILES string of the molecule is CCCCCCCc1ccc(-c2cnc(C(=O)Oc3ccc(OCCCCCC)cc3)cn2)cc1. The third-order valence-electron chi connectivity index (χ3n) is 5.98. The van der Waals surface area contributed by atoms with Gasteiger partial charge in [0.1, 0.15) is 11.5 Å². The Morgan fingerprint density at radius 1 is 0.714 bits per heavy atom. The van der Waals surface area contributed by atoms with Crippen LogP contribution in [-0.4, -0.2) is 22.5 Å². The molecule has 0 spiro atoms. The maximum absolute atomic E-state index is 12.5. The number of rotatable bonds is 15. The number of ether oxygens (including phenoxy) is 2. The van der Waals surface area contributed by atoms with Gasteiger partial charge in [-0.1, -0.05) is 83.1 Å². The number of aryl methyl sites for hydroxylation is 1. The normalized spacial score (nSPS) is 10.8. The number of esters is 1.